The van der Waals surface area contributed by atoms with Crippen molar-refractivity contribution in [2.75, 3.05) is 55.6 Å². The molecule has 1 aromatic carbocycles. The summed E-state index contributed by atoms with van der Waals surface area (Å²) >= 11 is 0. The number of amides is 1. The molecule has 0 saturated carbocycles. The van der Waals surface area contributed by atoms with E-state index in [2.05, 4.69) is 36.8 Å². The largest absolute Gasteiger partial charge is 0.507 e. The van der Waals surface area contributed by atoms with Crippen LogP contribution in [0.1, 0.15) is 57.8 Å². The van der Waals surface area contributed by atoms with Gasteiger partial charge in [0.25, 0.3) is 0 Å². The summed E-state index contributed by atoms with van der Waals surface area (Å²) in [5.41, 5.74) is 5.29. The Morgan fingerprint density at radius 2 is 1.74 bits per heavy atom. The first-order chi connectivity index (χ1) is 22.6. The third kappa shape index (κ3) is 5.42. The SMILES string of the molecule is C[C@@H]1c2c([nH]c3nnc(-c4ccccc4O)cc23)CCN1c1ncc(N2CCC(N3CC4(CN(C(=O)OC(C)(C)C)C4)C3)CC2)cn1. The normalized spacial score (nSPS) is 21.4. The Morgan fingerprint density at radius 1 is 1.02 bits per heavy atom. The van der Waals surface area contributed by atoms with Crippen molar-refractivity contribution in [3.63, 3.8) is 0 Å². The number of rotatable bonds is 4. The van der Waals surface area contributed by atoms with Crippen LogP contribution in [-0.4, -0.2) is 104 Å². The minimum Gasteiger partial charge on any atom is -0.507 e. The number of aromatic amines is 1. The number of carbonyl (C=O) groups excluding carboxylic acids is 1. The van der Waals surface area contributed by atoms with E-state index in [4.69, 9.17) is 14.7 Å². The molecule has 0 radical (unpaired) electrons. The second-order valence-electron chi connectivity index (χ2n) is 14.8. The van der Waals surface area contributed by atoms with E-state index in [9.17, 15) is 9.90 Å². The van der Waals surface area contributed by atoms with Crippen molar-refractivity contribution in [1.82, 2.24) is 34.9 Å². The number of aromatic nitrogens is 5. The van der Waals surface area contributed by atoms with Gasteiger partial charge in [0.05, 0.1) is 29.8 Å². The van der Waals surface area contributed by atoms with Crippen LogP contribution in [0.5, 0.6) is 5.75 Å². The number of phenols is 1. The number of fused-ring (bicyclic) bond motifs is 3. The molecule has 4 aromatic rings. The second kappa shape index (κ2) is 11.1. The topological polar surface area (TPSA) is 127 Å². The second-order valence-corrected chi connectivity index (χ2v) is 14.8. The molecule has 3 aromatic heterocycles. The summed E-state index contributed by atoms with van der Waals surface area (Å²) in [5.74, 6) is 0.916. The molecule has 3 saturated heterocycles. The number of H-pyrrole nitrogens is 1. The van der Waals surface area contributed by atoms with E-state index in [1.165, 1.54) is 5.56 Å². The maximum absolute atomic E-state index is 12.4. The number of carbonyl (C=O) groups is 1. The van der Waals surface area contributed by atoms with Crippen molar-refractivity contribution in [3.8, 4) is 17.0 Å². The number of nitrogens with one attached hydrogen (secondary N) is 1. The third-order valence-electron chi connectivity index (χ3n) is 10.4. The molecular weight excluding hydrogens is 594 g/mol. The monoisotopic (exact) mass is 637 g/mol. The van der Waals surface area contributed by atoms with Crippen LogP contribution < -0.4 is 9.80 Å². The van der Waals surface area contributed by atoms with Crippen LogP contribution in [0.3, 0.4) is 0 Å². The zero-order valence-corrected chi connectivity index (χ0v) is 27.6. The average molecular weight is 638 g/mol. The molecule has 246 valence electrons. The van der Waals surface area contributed by atoms with E-state index in [1.54, 1.807) is 12.1 Å². The lowest BCUT2D eigenvalue weighted by Gasteiger charge is -2.62. The van der Waals surface area contributed by atoms with Crippen LogP contribution >= 0.6 is 0 Å². The lowest BCUT2D eigenvalue weighted by Crippen LogP contribution is -2.74. The third-order valence-corrected chi connectivity index (χ3v) is 10.4. The highest BCUT2D eigenvalue weighted by Gasteiger charge is 2.55. The van der Waals surface area contributed by atoms with Gasteiger partial charge in [-0.25, -0.2) is 14.8 Å². The van der Waals surface area contributed by atoms with E-state index in [-0.39, 0.29) is 23.3 Å². The number of aromatic hydroxyl groups is 1. The molecule has 4 aliphatic heterocycles. The van der Waals surface area contributed by atoms with Crippen LogP contribution in [0.15, 0.2) is 42.7 Å². The summed E-state index contributed by atoms with van der Waals surface area (Å²) in [4.78, 5) is 34.7. The first-order valence-corrected chi connectivity index (χ1v) is 16.8. The molecule has 0 aliphatic carbocycles. The van der Waals surface area contributed by atoms with Crippen molar-refractivity contribution in [3.05, 3.63) is 54.0 Å². The molecule has 12 nitrogen and oxygen atoms in total. The van der Waals surface area contributed by atoms with Gasteiger partial charge in [-0.15, -0.1) is 10.2 Å². The van der Waals surface area contributed by atoms with Crippen LogP contribution in [0, 0.1) is 5.41 Å². The van der Waals surface area contributed by atoms with Gasteiger partial charge in [0.15, 0.2) is 5.65 Å². The van der Waals surface area contributed by atoms with Crippen LogP contribution in [0.25, 0.3) is 22.3 Å². The van der Waals surface area contributed by atoms with Gasteiger partial charge >= 0.3 is 6.09 Å². The lowest BCUT2D eigenvalue weighted by atomic mass is 9.72. The number of phenolic OH excluding ortho intramolecular Hbond substituents is 1. The number of piperidine rings is 1. The van der Waals surface area contributed by atoms with Crippen LogP contribution in [-0.2, 0) is 11.2 Å². The van der Waals surface area contributed by atoms with Gasteiger partial charge in [-0.2, -0.15) is 0 Å². The van der Waals surface area contributed by atoms with Crippen molar-refractivity contribution in [2.45, 2.75) is 64.6 Å². The Balaban J connectivity index is 0.879. The molecule has 4 aliphatic rings. The Bertz CT molecular complexity index is 1800. The molecule has 1 amide bonds. The zero-order chi connectivity index (χ0) is 32.5. The molecule has 1 atom stereocenters. The molecule has 47 heavy (non-hydrogen) atoms. The zero-order valence-electron chi connectivity index (χ0n) is 27.6. The summed E-state index contributed by atoms with van der Waals surface area (Å²) < 4.78 is 5.54. The number of hydrogen-bond donors (Lipinski definition) is 2. The molecule has 0 bridgehead atoms. The van der Waals surface area contributed by atoms with Gasteiger partial charge in [0.1, 0.15) is 11.4 Å². The molecule has 0 unspecified atom stereocenters. The molecular formula is C35H43N9O3. The summed E-state index contributed by atoms with van der Waals surface area (Å²) in [6.07, 6.45) is 6.82. The lowest BCUT2D eigenvalue weighted by molar-refractivity contribution is -0.128. The Hall–Kier alpha value is -4.45. The van der Waals surface area contributed by atoms with E-state index < -0.39 is 5.60 Å². The van der Waals surface area contributed by atoms with Crippen molar-refractivity contribution >= 4 is 28.8 Å². The highest BCUT2D eigenvalue weighted by atomic mass is 16.6. The molecule has 8 rings (SSSR count). The van der Waals surface area contributed by atoms with Gasteiger partial charge in [-0.1, -0.05) is 12.1 Å². The number of para-hydroxylation sites is 1. The molecule has 3 fully saturated rings. The summed E-state index contributed by atoms with van der Waals surface area (Å²) in [6, 6.07) is 9.87. The minimum absolute atomic E-state index is 0.0437. The van der Waals surface area contributed by atoms with Gasteiger partial charge in [0, 0.05) is 85.9 Å². The highest BCUT2D eigenvalue weighted by Crippen LogP contribution is 2.43. The average Bonchev–Trinajstić information content (AvgIpc) is 3.38. The number of benzene rings is 1. The Morgan fingerprint density at radius 3 is 2.45 bits per heavy atom. The predicted octanol–water partition coefficient (Wildman–Crippen LogP) is 4.77. The minimum atomic E-state index is -0.449. The van der Waals surface area contributed by atoms with Crippen molar-refractivity contribution in [1.29, 1.82) is 0 Å². The number of likely N-dealkylation sites (tertiary alicyclic amines) is 2. The van der Waals surface area contributed by atoms with Gasteiger partial charge < -0.3 is 29.5 Å². The van der Waals surface area contributed by atoms with Crippen molar-refractivity contribution in [2.24, 2.45) is 5.41 Å². The molecule has 12 heteroatoms. The standard InChI is InChI=1S/C35H43N9O3/c1-22-30-26-15-28(25-7-5-6-8-29(25)45)39-40-31(26)38-27(30)11-14-44(22)32-36-16-24(17-37-32)41-12-9-23(10-13-41)42-18-35(19-42)20-43(21-35)33(46)47-34(2,3)4/h5-8,15-17,22-23,45H,9-14,18-21H2,1-4H3,(H,38,40)/t22-/m1/s1. The number of hydrogen-bond acceptors (Lipinski definition) is 10. The maximum Gasteiger partial charge on any atom is 0.410 e. The molecule has 2 N–H and O–H groups in total. The van der Waals surface area contributed by atoms with Crippen LogP contribution in [0.4, 0.5) is 16.4 Å². The predicted molar refractivity (Wildman–Crippen MR) is 180 cm³/mol. The number of nitrogens with zero attached hydrogens (tertiary/aromatic N) is 8. The first-order valence-electron chi connectivity index (χ1n) is 16.8. The Kier molecular flexibility index (Phi) is 7.05. The Labute approximate surface area is 274 Å². The van der Waals surface area contributed by atoms with Crippen molar-refractivity contribution < 1.29 is 14.6 Å². The maximum atomic E-state index is 12.4. The highest BCUT2D eigenvalue weighted by molar-refractivity contribution is 5.86. The van der Waals surface area contributed by atoms with E-state index >= 15 is 0 Å². The smallest absolute Gasteiger partial charge is 0.410 e. The molecule has 1 spiro atoms. The first kappa shape index (κ1) is 29.9. The van der Waals surface area contributed by atoms with Gasteiger partial charge in [0.2, 0.25) is 5.95 Å². The van der Waals surface area contributed by atoms with E-state index in [1.807, 2.05) is 56.3 Å². The fourth-order valence-electron chi connectivity index (χ4n) is 8.02. The fourth-order valence-corrected chi connectivity index (χ4v) is 8.02. The van der Waals surface area contributed by atoms with Gasteiger partial charge in [-0.05, 0) is 58.7 Å². The number of anilines is 2. The fraction of sp³-hybridized carbons (Fsp3) is 0.514. The number of ether oxygens (including phenoxy) is 1. The summed E-state index contributed by atoms with van der Waals surface area (Å²) in [5, 5.41) is 20.3. The van der Waals surface area contributed by atoms with E-state index in [0.29, 0.717) is 17.3 Å². The van der Waals surface area contributed by atoms with Crippen LogP contribution in [0.2, 0.25) is 0 Å². The van der Waals surface area contributed by atoms with Gasteiger partial charge in [-0.3, -0.25) is 4.90 Å². The quantitative estimate of drug-likeness (QED) is 0.323. The molecule has 7 heterocycles. The summed E-state index contributed by atoms with van der Waals surface area (Å²) in [7, 11) is 0. The van der Waals surface area contributed by atoms with E-state index in [0.717, 1.165) is 93.4 Å². The summed E-state index contributed by atoms with van der Waals surface area (Å²) in [6.45, 7) is 14.5.